The topological polar surface area (TPSA) is 84.7 Å². The molecule has 126 valence electrons. The highest BCUT2D eigenvalue weighted by Gasteiger charge is 2.39. The smallest absolute Gasteiger partial charge is 0.326 e. The van der Waals surface area contributed by atoms with E-state index in [0.717, 1.165) is 11.3 Å². The van der Waals surface area contributed by atoms with Crippen molar-refractivity contribution in [2.75, 3.05) is 13.7 Å². The Bertz CT molecular complexity index is 712. The maximum Gasteiger partial charge on any atom is 0.326 e. The number of carbonyl (C=O) groups is 2. The second kappa shape index (κ2) is 6.84. The van der Waals surface area contributed by atoms with E-state index in [4.69, 9.17) is 4.74 Å². The average molecular weight is 329 g/mol. The summed E-state index contributed by atoms with van der Waals surface area (Å²) < 4.78 is 6.94. The summed E-state index contributed by atoms with van der Waals surface area (Å²) >= 11 is 0. The number of benzene rings is 1. The number of hydrogen-bond donors (Lipinski definition) is 1. The molecule has 1 aliphatic rings. The molecule has 1 amide bonds. The number of rotatable bonds is 5. The van der Waals surface area contributed by atoms with Crippen LogP contribution >= 0.6 is 0 Å². The first-order valence-corrected chi connectivity index (χ1v) is 7.72. The largest absolute Gasteiger partial charge is 0.480 e. The van der Waals surface area contributed by atoms with E-state index in [-0.39, 0.29) is 18.4 Å². The molecule has 1 N–H and O–H groups in total. The first-order chi connectivity index (χ1) is 11.6. The van der Waals surface area contributed by atoms with Gasteiger partial charge in [-0.25, -0.2) is 9.48 Å². The first kappa shape index (κ1) is 16.2. The van der Waals surface area contributed by atoms with Gasteiger partial charge in [-0.2, -0.15) is 5.10 Å². The van der Waals surface area contributed by atoms with Gasteiger partial charge in [0, 0.05) is 32.5 Å². The predicted octanol–water partition coefficient (Wildman–Crippen LogP) is 1.12. The molecule has 24 heavy (non-hydrogen) atoms. The Labute approximate surface area is 139 Å². The zero-order chi connectivity index (χ0) is 17.1. The number of aromatic nitrogens is 2. The summed E-state index contributed by atoms with van der Waals surface area (Å²) in [6.07, 6.45) is 3.81. The van der Waals surface area contributed by atoms with E-state index in [1.807, 2.05) is 36.5 Å². The van der Waals surface area contributed by atoms with Gasteiger partial charge in [0.25, 0.3) is 0 Å². The van der Waals surface area contributed by atoms with Gasteiger partial charge in [0.2, 0.25) is 5.91 Å². The summed E-state index contributed by atoms with van der Waals surface area (Å²) in [6, 6.07) is 8.50. The molecule has 1 aliphatic heterocycles. The molecular formula is C17H19N3O4. The van der Waals surface area contributed by atoms with Crippen LogP contribution in [-0.4, -0.2) is 57.5 Å². The Morgan fingerprint density at radius 1 is 1.33 bits per heavy atom. The molecular weight excluding hydrogens is 310 g/mol. The number of hydrogen-bond acceptors (Lipinski definition) is 4. The molecule has 0 bridgehead atoms. The van der Waals surface area contributed by atoms with Crippen molar-refractivity contribution in [3.63, 3.8) is 0 Å². The second-order valence-electron chi connectivity index (χ2n) is 5.79. The zero-order valence-corrected chi connectivity index (χ0v) is 13.3. The van der Waals surface area contributed by atoms with Crippen molar-refractivity contribution in [1.29, 1.82) is 0 Å². The number of carboxylic acid groups (broad SMARTS) is 1. The lowest BCUT2D eigenvalue weighted by Crippen LogP contribution is -2.41. The van der Waals surface area contributed by atoms with Crippen LogP contribution in [0.3, 0.4) is 0 Å². The van der Waals surface area contributed by atoms with Gasteiger partial charge in [-0.15, -0.1) is 0 Å². The lowest BCUT2D eigenvalue weighted by Gasteiger charge is -2.21. The van der Waals surface area contributed by atoms with Crippen LogP contribution in [0.2, 0.25) is 0 Å². The molecule has 1 saturated heterocycles. The monoisotopic (exact) mass is 329 g/mol. The summed E-state index contributed by atoms with van der Waals surface area (Å²) in [7, 11) is 1.53. The van der Waals surface area contributed by atoms with Crippen molar-refractivity contribution in [1.82, 2.24) is 14.7 Å². The second-order valence-corrected chi connectivity index (χ2v) is 5.79. The third-order valence-electron chi connectivity index (χ3n) is 4.26. The van der Waals surface area contributed by atoms with Crippen LogP contribution in [0.5, 0.6) is 0 Å². The first-order valence-electron chi connectivity index (χ1n) is 7.72. The summed E-state index contributed by atoms with van der Waals surface area (Å²) in [4.78, 5) is 25.2. The molecule has 0 aliphatic carbocycles. The number of nitrogens with zero attached hydrogens (tertiary/aromatic N) is 3. The summed E-state index contributed by atoms with van der Waals surface area (Å²) in [5.41, 5.74) is 1.74. The number of carboxylic acids is 1. The highest BCUT2D eigenvalue weighted by atomic mass is 16.5. The predicted molar refractivity (Wildman–Crippen MR) is 85.8 cm³/mol. The average Bonchev–Trinajstić information content (AvgIpc) is 3.25. The molecule has 0 spiro atoms. The van der Waals surface area contributed by atoms with E-state index in [2.05, 4.69) is 5.10 Å². The van der Waals surface area contributed by atoms with E-state index >= 15 is 0 Å². The highest BCUT2D eigenvalue weighted by Crippen LogP contribution is 2.21. The Morgan fingerprint density at radius 3 is 2.67 bits per heavy atom. The molecule has 7 heteroatoms. The fraction of sp³-hybridized carbons (Fsp3) is 0.353. The molecule has 3 rings (SSSR count). The van der Waals surface area contributed by atoms with E-state index in [1.165, 1.54) is 12.0 Å². The van der Waals surface area contributed by atoms with Gasteiger partial charge in [0.15, 0.2) is 0 Å². The molecule has 2 heterocycles. The number of amides is 1. The molecule has 2 aromatic rings. The Morgan fingerprint density at radius 2 is 2.08 bits per heavy atom. The third-order valence-corrected chi connectivity index (χ3v) is 4.26. The number of carbonyl (C=O) groups excluding carboxylic acids is 1. The van der Waals surface area contributed by atoms with Crippen molar-refractivity contribution in [2.45, 2.75) is 25.0 Å². The lowest BCUT2D eigenvalue weighted by atomic mass is 10.1. The van der Waals surface area contributed by atoms with Crippen molar-refractivity contribution in [2.24, 2.45) is 0 Å². The van der Waals surface area contributed by atoms with E-state index in [0.29, 0.717) is 13.0 Å². The molecule has 2 atom stereocenters. The van der Waals surface area contributed by atoms with Gasteiger partial charge in [0.05, 0.1) is 18.2 Å². The van der Waals surface area contributed by atoms with E-state index < -0.39 is 12.0 Å². The number of aliphatic carboxylic acids is 1. The molecule has 1 aromatic heterocycles. The van der Waals surface area contributed by atoms with Gasteiger partial charge in [-0.05, 0) is 23.8 Å². The zero-order valence-electron chi connectivity index (χ0n) is 13.3. The third kappa shape index (κ3) is 3.30. The maximum atomic E-state index is 12.5. The van der Waals surface area contributed by atoms with Crippen LogP contribution in [0, 0.1) is 0 Å². The number of ether oxygens (including phenoxy) is 1. The van der Waals surface area contributed by atoms with Crippen molar-refractivity contribution >= 4 is 11.9 Å². The lowest BCUT2D eigenvalue weighted by molar-refractivity contribution is -0.148. The normalized spacial score (nSPS) is 20.3. The van der Waals surface area contributed by atoms with Crippen LogP contribution in [-0.2, 0) is 20.7 Å². The maximum absolute atomic E-state index is 12.5. The summed E-state index contributed by atoms with van der Waals surface area (Å²) in [5.74, 6) is -1.19. The standard InChI is InChI=1S/C17H19N3O4/c1-24-14-10-15(17(22)23)19(11-14)16(21)9-12-3-5-13(6-4-12)20-8-2-7-18-20/h2-8,14-15H,9-11H2,1H3,(H,22,23). The molecule has 2 unspecified atom stereocenters. The van der Waals surface area contributed by atoms with E-state index in [9.17, 15) is 14.7 Å². The fourth-order valence-corrected chi connectivity index (χ4v) is 2.94. The van der Waals surface area contributed by atoms with Crippen molar-refractivity contribution in [3.05, 3.63) is 48.3 Å². The van der Waals surface area contributed by atoms with Gasteiger partial charge in [-0.1, -0.05) is 12.1 Å². The minimum absolute atomic E-state index is 0.166. The number of likely N-dealkylation sites (tertiary alicyclic amines) is 1. The van der Waals surface area contributed by atoms with Crippen molar-refractivity contribution in [3.8, 4) is 5.69 Å². The molecule has 0 saturated carbocycles. The molecule has 1 fully saturated rings. The molecule has 0 radical (unpaired) electrons. The minimum Gasteiger partial charge on any atom is -0.480 e. The molecule has 1 aromatic carbocycles. The molecule has 7 nitrogen and oxygen atoms in total. The minimum atomic E-state index is -0.989. The highest BCUT2D eigenvalue weighted by molar-refractivity contribution is 5.85. The van der Waals surface area contributed by atoms with Crippen LogP contribution < -0.4 is 0 Å². The Balaban J connectivity index is 1.69. The van der Waals surface area contributed by atoms with Gasteiger partial charge < -0.3 is 14.7 Å². The van der Waals surface area contributed by atoms with Gasteiger partial charge >= 0.3 is 5.97 Å². The Kier molecular flexibility index (Phi) is 4.61. The quantitative estimate of drug-likeness (QED) is 0.888. The van der Waals surface area contributed by atoms with Crippen LogP contribution in [0.4, 0.5) is 0 Å². The van der Waals surface area contributed by atoms with Crippen LogP contribution in [0.1, 0.15) is 12.0 Å². The Hall–Kier alpha value is -2.67. The van der Waals surface area contributed by atoms with Crippen molar-refractivity contribution < 1.29 is 19.4 Å². The van der Waals surface area contributed by atoms with Crippen LogP contribution in [0.25, 0.3) is 5.69 Å². The van der Waals surface area contributed by atoms with Gasteiger partial charge in [-0.3, -0.25) is 4.79 Å². The summed E-state index contributed by atoms with van der Waals surface area (Å²) in [6.45, 7) is 0.317. The SMILES string of the molecule is COC1CC(C(=O)O)N(C(=O)Cc2ccc(-n3cccn3)cc2)C1. The van der Waals surface area contributed by atoms with E-state index in [1.54, 1.807) is 10.9 Å². The number of methoxy groups -OCH3 is 1. The fourth-order valence-electron chi connectivity index (χ4n) is 2.94. The van der Waals surface area contributed by atoms with Gasteiger partial charge in [0.1, 0.15) is 6.04 Å². The van der Waals surface area contributed by atoms with Crippen LogP contribution in [0.15, 0.2) is 42.7 Å². The summed E-state index contributed by atoms with van der Waals surface area (Å²) in [5, 5.41) is 13.4.